The van der Waals surface area contributed by atoms with Gasteiger partial charge in [-0.05, 0) is 66.5 Å². The van der Waals surface area contributed by atoms with Gasteiger partial charge in [0.15, 0.2) is 0 Å². The summed E-state index contributed by atoms with van der Waals surface area (Å²) in [5.41, 5.74) is 6.03. The number of nitrogens with zero attached hydrogens (tertiary/aromatic N) is 2. The van der Waals surface area contributed by atoms with E-state index in [1.165, 1.54) is 22.3 Å². The van der Waals surface area contributed by atoms with Gasteiger partial charge >= 0.3 is 0 Å². The van der Waals surface area contributed by atoms with Crippen LogP contribution in [0.2, 0.25) is 0 Å². The van der Waals surface area contributed by atoms with Crippen molar-refractivity contribution in [3.05, 3.63) is 60.3 Å². The molecule has 1 saturated carbocycles. The van der Waals surface area contributed by atoms with Gasteiger partial charge in [-0.1, -0.05) is 36.4 Å². The molecule has 1 aliphatic heterocycles. The van der Waals surface area contributed by atoms with Crippen LogP contribution in [-0.4, -0.2) is 35.4 Å². The second kappa shape index (κ2) is 8.50. The van der Waals surface area contributed by atoms with E-state index in [1.54, 1.807) is 0 Å². The third-order valence-electron chi connectivity index (χ3n) is 6.84. The lowest BCUT2D eigenvalue weighted by Gasteiger charge is -2.27. The molecule has 0 bridgehead atoms. The van der Waals surface area contributed by atoms with Gasteiger partial charge < -0.3 is 5.32 Å². The largest absolute Gasteiger partial charge is 0.356 e. The average molecular weight is 413 g/mol. The molecule has 5 nitrogen and oxygen atoms in total. The number of allylic oxidation sites excluding steroid dienone is 1. The molecule has 2 N–H and O–H groups in total. The van der Waals surface area contributed by atoms with Crippen LogP contribution >= 0.6 is 0 Å². The second-order valence-electron chi connectivity index (χ2n) is 8.62. The molecule has 2 aromatic carbocycles. The van der Waals surface area contributed by atoms with Gasteiger partial charge in [-0.2, -0.15) is 5.10 Å². The molecule has 1 aliphatic carbocycles. The number of rotatable bonds is 5. The molecule has 31 heavy (non-hydrogen) atoms. The third kappa shape index (κ3) is 3.80. The minimum atomic E-state index is 0.148. The quantitative estimate of drug-likeness (QED) is 0.628. The monoisotopic (exact) mass is 412 g/mol. The maximum atomic E-state index is 12.3. The second-order valence-corrected chi connectivity index (χ2v) is 8.62. The van der Waals surface area contributed by atoms with Crippen LogP contribution in [-0.2, 0) is 4.79 Å². The highest BCUT2D eigenvalue weighted by molar-refractivity contribution is 5.94. The number of benzene rings is 2. The first-order valence-electron chi connectivity index (χ1n) is 11.2. The van der Waals surface area contributed by atoms with E-state index < -0.39 is 0 Å². The lowest BCUT2D eigenvalue weighted by Crippen LogP contribution is -2.29. The third-order valence-corrected chi connectivity index (χ3v) is 6.84. The first-order valence-corrected chi connectivity index (χ1v) is 11.2. The summed E-state index contributed by atoms with van der Waals surface area (Å²) in [5, 5.41) is 11.4. The molecule has 2 heterocycles. The summed E-state index contributed by atoms with van der Waals surface area (Å²) in [5.74, 6) is 1.26. The summed E-state index contributed by atoms with van der Waals surface area (Å²) in [7, 11) is 0. The van der Waals surface area contributed by atoms with Crippen molar-refractivity contribution in [3.8, 4) is 11.1 Å². The highest BCUT2D eigenvalue weighted by atomic mass is 16.1. The Hall–Kier alpha value is -3.21. The number of amides is 1. The predicted molar refractivity (Wildman–Crippen MR) is 126 cm³/mol. The Kier molecular flexibility index (Phi) is 5.41. The molecule has 5 heteroatoms. The Morgan fingerprint density at radius 1 is 1.13 bits per heavy atom. The molecule has 1 unspecified atom stereocenters. The van der Waals surface area contributed by atoms with E-state index >= 15 is 0 Å². The van der Waals surface area contributed by atoms with E-state index in [4.69, 9.17) is 0 Å². The zero-order valence-corrected chi connectivity index (χ0v) is 17.8. The van der Waals surface area contributed by atoms with Gasteiger partial charge in [0, 0.05) is 36.5 Å². The van der Waals surface area contributed by atoms with Crippen LogP contribution in [0.25, 0.3) is 27.6 Å². The van der Waals surface area contributed by atoms with Gasteiger partial charge in [0.05, 0.1) is 11.7 Å². The van der Waals surface area contributed by atoms with Gasteiger partial charge in [-0.15, -0.1) is 0 Å². The Labute approximate surface area is 182 Å². The van der Waals surface area contributed by atoms with E-state index in [0.717, 1.165) is 36.7 Å². The van der Waals surface area contributed by atoms with Gasteiger partial charge in [0.2, 0.25) is 5.91 Å². The summed E-state index contributed by atoms with van der Waals surface area (Å²) >= 11 is 0. The normalized spacial score (nSPS) is 23.1. The average Bonchev–Trinajstić information content (AvgIpc) is 3.49. The fraction of sp³-hybridized carbons (Fsp3) is 0.346. The number of hydrogen-bond acceptors (Lipinski definition) is 3. The van der Waals surface area contributed by atoms with Crippen molar-refractivity contribution >= 4 is 28.6 Å². The Balaban J connectivity index is 1.37. The summed E-state index contributed by atoms with van der Waals surface area (Å²) in [6.07, 6.45) is 9.03. The van der Waals surface area contributed by atoms with E-state index in [2.05, 4.69) is 63.0 Å². The predicted octanol–water partition coefficient (Wildman–Crippen LogP) is 4.87. The van der Waals surface area contributed by atoms with Crippen LogP contribution in [0.4, 0.5) is 0 Å². The minimum absolute atomic E-state index is 0.148. The zero-order chi connectivity index (χ0) is 21.2. The number of carbonyl (C=O) groups is 1. The molecule has 2 aliphatic rings. The van der Waals surface area contributed by atoms with Crippen LogP contribution < -0.4 is 5.32 Å². The molecule has 1 fully saturated rings. The smallest absolute Gasteiger partial charge is 0.223 e. The zero-order valence-electron chi connectivity index (χ0n) is 17.8. The number of fused-ring (bicyclic) bond motifs is 1. The van der Waals surface area contributed by atoms with E-state index in [1.807, 2.05) is 25.4 Å². The molecule has 3 atom stereocenters. The molecule has 0 spiro atoms. The minimum Gasteiger partial charge on any atom is -0.356 e. The van der Waals surface area contributed by atoms with E-state index in [0.29, 0.717) is 18.4 Å². The van der Waals surface area contributed by atoms with Gasteiger partial charge in [0.1, 0.15) is 0 Å². The van der Waals surface area contributed by atoms with Crippen LogP contribution in [0.3, 0.4) is 0 Å². The number of aliphatic imine (C=N–C) groups is 1. The molecule has 1 aromatic heterocycles. The number of H-pyrrole nitrogens is 1. The fourth-order valence-electron chi connectivity index (χ4n) is 5.24. The van der Waals surface area contributed by atoms with Crippen LogP contribution in [0.15, 0.2) is 59.7 Å². The summed E-state index contributed by atoms with van der Waals surface area (Å²) in [6, 6.07) is 15.1. The Morgan fingerprint density at radius 3 is 2.81 bits per heavy atom. The molecule has 1 amide bonds. The maximum absolute atomic E-state index is 12.3. The van der Waals surface area contributed by atoms with Crippen LogP contribution in [0.5, 0.6) is 0 Å². The van der Waals surface area contributed by atoms with Crippen molar-refractivity contribution in [2.45, 2.75) is 26.2 Å². The lowest BCUT2D eigenvalue weighted by atomic mass is 9.79. The molecule has 3 aromatic rings. The number of aromatic amines is 1. The molecule has 0 radical (unpaired) electrons. The van der Waals surface area contributed by atoms with Crippen molar-refractivity contribution in [1.29, 1.82) is 0 Å². The van der Waals surface area contributed by atoms with Crippen LogP contribution in [0, 0.1) is 17.8 Å². The molecular weight excluding hydrogens is 384 g/mol. The standard InChI is InChI=1S/C26H28N4O/c1-2-28-26(31)20-11-10-19(14-20)23-15-27-13-12-22(23)18-8-6-17(7-9-18)21-4-3-5-25-24(21)16-29-30-25/h3-9,12-13,16,19-20,23H,2,10-11,14-15H2,1H3,(H,28,31)(H,29,30)/t19?,20-,23-/m0/s1. The van der Waals surface area contributed by atoms with Crippen molar-refractivity contribution in [3.63, 3.8) is 0 Å². The number of dihydropyridines is 1. The first-order chi connectivity index (χ1) is 15.2. The van der Waals surface area contributed by atoms with Crippen LogP contribution in [0.1, 0.15) is 31.7 Å². The highest BCUT2D eigenvalue weighted by Crippen LogP contribution is 2.42. The van der Waals surface area contributed by atoms with E-state index in [-0.39, 0.29) is 11.8 Å². The molecule has 158 valence electrons. The Morgan fingerprint density at radius 2 is 1.97 bits per heavy atom. The van der Waals surface area contributed by atoms with E-state index in [9.17, 15) is 4.79 Å². The molecule has 5 rings (SSSR count). The number of carbonyl (C=O) groups excluding carboxylic acids is 1. The molecule has 0 saturated heterocycles. The first kappa shape index (κ1) is 19.7. The van der Waals surface area contributed by atoms with Gasteiger partial charge in [0.25, 0.3) is 0 Å². The summed E-state index contributed by atoms with van der Waals surface area (Å²) in [6.45, 7) is 3.50. The topological polar surface area (TPSA) is 70.1 Å². The van der Waals surface area contributed by atoms with Gasteiger partial charge in [-0.3, -0.25) is 14.9 Å². The SMILES string of the molecule is CCNC(=O)[C@H]1CCC([C@@H]2CN=CC=C2c2ccc(-c3cccc4[nH]ncc34)cc2)C1. The molecular formula is C26H28N4O. The lowest BCUT2D eigenvalue weighted by molar-refractivity contribution is -0.124. The highest BCUT2D eigenvalue weighted by Gasteiger charge is 2.36. The Bertz CT molecular complexity index is 1140. The van der Waals surface area contributed by atoms with Crippen molar-refractivity contribution in [2.75, 3.05) is 13.1 Å². The number of aromatic nitrogens is 2. The fourth-order valence-corrected chi connectivity index (χ4v) is 5.24. The van der Waals surface area contributed by atoms with Gasteiger partial charge in [-0.25, -0.2) is 0 Å². The van der Waals surface area contributed by atoms with Crippen molar-refractivity contribution in [2.24, 2.45) is 22.7 Å². The summed E-state index contributed by atoms with van der Waals surface area (Å²) in [4.78, 5) is 16.9. The maximum Gasteiger partial charge on any atom is 0.223 e. The number of hydrogen-bond donors (Lipinski definition) is 2. The van der Waals surface area contributed by atoms with Crippen molar-refractivity contribution in [1.82, 2.24) is 15.5 Å². The van der Waals surface area contributed by atoms with Crippen molar-refractivity contribution < 1.29 is 4.79 Å². The number of nitrogens with one attached hydrogen (secondary N) is 2. The summed E-state index contributed by atoms with van der Waals surface area (Å²) < 4.78 is 0.